The number of halogens is 1. The van der Waals surface area contributed by atoms with E-state index >= 15 is 0 Å². The molecule has 0 spiro atoms. The van der Waals surface area contributed by atoms with Crippen LogP contribution in [0, 0.1) is 12.7 Å². The average Bonchev–Trinajstić information content (AvgIpc) is 2.75. The van der Waals surface area contributed by atoms with Crippen molar-refractivity contribution in [1.29, 1.82) is 0 Å². The quantitative estimate of drug-likeness (QED) is 0.867. The molecule has 0 aliphatic heterocycles. The summed E-state index contributed by atoms with van der Waals surface area (Å²) in [6, 6.07) is 7.80. The third kappa shape index (κ3) is 2.73. The Kier molecular flexibility index (Phi) is 4.20. The molecular weight excluding hydrogens is 259 g/mol. The van der Waals surface area contributed by atoms with Crippen molar-refractivity contribution in [3.8, 4) is 0 Å². The molecule has 0 saturated heterocycles. The molecule has 1 aromatic heterocycles. The zero-order chi connectivity index (χ0) is 14.8. The first kappa shape index (κ1) is 14.7. The molecule has 0 bridgehead atoms. The van der Waals surface area contributed by atoms with Crippen molar-refractivity contribution in [3.05, 3.63) is 53.1 Å². The number of benzene rings is 1. The Morgan fingerprint density at radius 3 is 2.25 bits per heavy atom. The van der Waals surface area contributed by atoms with Gasteiger partial charge in [-0.2, -0.15) is 5.10 Å². The number of aryl methyl sites for hydroxylation is 2. The summed E-state index contributed by atoms with van der Waals surface area (Å²) < 4.78 is 14.8. The van der Waals surface area contributed by atoms with Crippen LogP contribution in [0.25, 0.3) is 0 Å². The van der Waals surface area contributed by atoms with E-state index in [1.165, 1.54) is 12.1 Å². The highest BCUT2D eigenvalue weighted by molar-refractivity contribution is 5.29. The minimum absolute atomic E-state index is 0.223. The van der Waals surface area contributed by atoms with Crippen LogP contribution in [-0.4, -0.2) is 33.2 Å². The first-order valence-electron chi connectivity index (χ1n) is 6.48. The van der Waals surface area contributed by atoms with Crippen LogP contribution in [0.2, 0.25) is 0 Å². The highest BCUT2D eigenvalue weighted by atomic mass is 19.1. The van der Waals surface area contributed by atoms with Gasteiger partial charge in [0.05, 0.1) is 18.9 Å². The topological polar surface area (TPSA) is 58.3 Å². The zero-order valence-electron chi connectivity index (χ0n) is 11.7. The second-order valence-electron chi connectivity index (χ2n) is 5.18. The summed E-state index contributed by atoms with van der Waals surface area (Å²) in [4.78, 5) is 0. The van der Waals surface area contributed by atoms with Crippen molar-refractivity contribution in [2.75, 3.05) is 13.2 Å². The lowest BCUT2D eigenvalue weighted by Gasteiger charge is -2.30. The van der Waals surface area contributed by atoms with Gasteiger partial charge in [0, 0.05) is 24.6 Å². The van der Waals surface area contributed by atoms with E-state index < -0.39 is 5.41 Å². The van der Waals surface area contributed by atoms with Crippen molar-refractivity contribution in [2.24, 2.45) is 7.05 Å². The van der Waals surface area contributed by atoms with E-state index in [0.29, 0.717) is 12.0 Å². The molecule has 0 fully saturated rings. The third-order valence-corrected chi connectivity index (χ3v) is 3.68. The van der Waals surface area contributed by atoms with E-state index in [1.54, 1.807) is 16.8 Å². The SMILES string of the molecule is Cc1cc(CC(CO)(CO)c2ccc(F)cc2)n(C)n1. The summed E-state index contributed by atoms with van der Waals surface area (Å²) in [6.07, 6.45) is 0.434. The molecule has 2 N–H and O–H groups in total. The number of aromatic nitrogens is 2. The fourth-order valence-electron chi connectivity index (χ4n) is 2.43. The van der Waals surface area contributed by atoms with Crippen LogP contribution < -0.4 is 0 Å². The van der Waals surface area contributed by atoms with E-state index in [1.807, 2.05) is 20.0 Å². The van der Waals surface area contributed by atoms with Crippen LogP contribution in [0.5, 0.6) is 0 Å². The number of rotatable bonds is 5. The molecule has 0 amide bonds. The normalized spacial score (nSPS) is 11.8. The Morgan fingerprint density at radius 2 is 1.80 bits per heavy atom. The smallest absolute Gasteiger partial charge is 0.123 e. The maximum Gasteiger partial charge on any atom is 0.123 e. The Bertz CT molecular complexity index is 574. The highest BCUT2D eigenvalue weighted by Crippen LogP contribution is 2.28. The van der Waals surface area contributed by atoms with E-state index in [4.69, 9.17) is 0 Å². The maximum atomic E-state index is 13.0. The standard InChI is InChI=1S/C15H19FN2O2/c1-11-7-14(18(2)17-11)8-15(9-19,10-20)12-3-5-13(16)6-4-12/h3-7,19-20H,8-10H2,1-2H3. The second kappa shape index (κ2) is 5.73. The molecule has 0 saturated carbocycles. The Labute approximate surface area is 117 Å². The van der Waals surface area contributed by atoms with Crippen molar-refractivity contribution < 1.29 is 14.6 Å². The van der Waals surface area contributed by atoms with Gasteiger partial charge < -0.3 is 10.2 Å². The van der Waals surface area contributed by atoms with E-state index in [0.717, 1.165) is 11.4 Å². The number of hydrogen-bond acceptors (Lipinski definition) is 3. The first-order valence-corrected chi connectivity index (χ1v) is 6.48. The van der Waals surface area contributed by atoms with Crippen molar-refractivity contribution >= 4 is 0 Å². The molecule has 108 valence electrons. The molecule has 0 aliphatic carbocycles. The molecule has 4 nitrogen and oxygen atoms in total. The summed E-state index contributed by atoms with van der Waals surface area (Å²) in [6.45, 7) is 1.44. The van der Waals surface area contributed by atoms with Gasteiger partial charge in [-0.15, -0.1) is 0 Å². The largest absolute Gasteiger partial charge is 0.395 e. The number of nitrogens with zero attached hydrogens (tertiary/aromatic N) is 2. The van der Waals surface area contributed by atoms with Crippen molar-refractivity contribution in [1.82, 2.24) is 9.78 Å². The maximum absolute atomic E-state index is 13.0. The lowest BCUT2D eigenvalue weighted by atomic mass is 9.78. The Morgan fingerprint density at radius 1 is 1.20 bits per heavy atom. The predicted molar refractivity (Wildman–Crippen MR) is 73.9 cm³/mol. The van der Waals surface area contributed by atoms with Crippen LogP contribution >= 0.6 is 0 Å². The monoisotopic (exact) mass is 278 g/mol. The van der Waals surface area contributed by atoms with Gasteiger partial charge in [-0.25, -0.2) is 4.39 Å². The highest BCUT2D eigenvalue weighted by Gasteiger charge is 2.32. The molecule has 0 atom stereocenters. The average molecular weight is 278 g/mol. The fraction of sp³-hybridized carbons (Fsp3) is 0.400. The van der Waals surface area contributed by atoms with E-state index in [-0.39, 0.29) is 19.0 Å². The third-order valence-electron chi connectivity index (χ3n) is 3.68. The molecule has 2 aromatic rings. The molecule has 2 rings (SSSR count). The molecule has 1 heterocycles. The van der Waals surface area contributed by atoms with Gasteiger partial charge in [0.25, 0.3) is 0 Å². The van der Waals surface area contributed by atoms with Gasteiger partial charge in [-0.3, -0.25) is 4.68 Å². The summed E-state index contributed by atoms with van der Waals surface area (Å²) in [5, 5.41) is 23.8. The molecule has 5 heteroatoms. The van der Waals surface area contributed by atoms with E-state index in [2.05, 4.69) is 5.10 Å². The van der Waals surface area contributed by atoms with Gasteiger partial charge >= 0.3 is 0 Å². The summed E-state index contributed by atoms with van der Waals surface area (Å²) in [5.74, 6) is -0.338. The van der Waals surface area contributed by atoms with E-state index in [9.17, 15) is 14.6 Å². The van der Waals surface area contributed by atoms with Gasteiger partial charge in [0.2, 0.25) is 0 Å². The molecule has 20 heavy (non-hydrogen) atoms. The van der Waals surface area contributed by atoms with Crippen LogP contribution in [0.3, 0.4) is 0 Å². The molecule has 0 radical (unpaired) electrons. The van der Waals surface area contributed by atoms with Gasteiger partial charge in [-0.05, 0) is 30.7 Å². The number of hydrogen-bond donors (Lipinski definition) is 2. The van der Waals surface area contributed by atoms with Crippen LogP contribution in [-0.2, 0) is 18.9 Å². The lowest BCUT2D eigenvalue weighted by Crippen LogP contribution is -2.38. The van der Waals surface area contributed by atoms with Crippen molar-refractivity contribution in [3.63, 3.8) is 0 Å². The van der Waals surface area contributed by atoms with Crippen molar-refractivity contribution in [2.45, 2.75) is 18.8 Å². The van der Waals surface area contributed by atoms with Gasteiger partial charge in [0.15, 0.2) is 0 Å². The fourth-order valence-corrected chi connectivity index (χ4v) is 2.43. The minimum Gasteiger partial charge on any atom is -0.395 e. The Balaban J connectivity index is 2.39. The zero-order valence-corrected chi connectivity index (χ0v) is 11.7. The van der Waals surface area contributed by atoms with Crippen LogP contribution in [0.1, 0.15) is 17.0 Å². The lowest BCUT2D eigenvalue weighted by molar-refractivity contribution is 0.114. The van der Waals surface area contributed by atoms with Gasteiger partial charge in [-0.1, -0.05) is 12.1 Å². The Hall–Kier alpha value is -1.72. The molecule has 1 aromatic carbocycles. The second-order valence-corrected chi connectivity index (χ2v) is 5.18. The van der Waals surface area contributed by atoms with Crippen LogP contribution in [0.4, 0.5) is 4.39 Å². The van der Waals surface area contributed by atoms with Crippen LogP contribution in [0.15, 0.2) is 30.3 Å². The molecule has 0 aliphatic rings. The number of aliphatic hydroxyl groups excluding tert-OH is 2. The minimum atomic E-state index is -0.839. The predicted octanol–water partition coefficient (Wildman–Crippen LogP) is 1.33. The summed E-state index contributed by atoms with van der Waals surface area (Å²) >= 11 is 0. The summed E-state index contributed by atoms with van der Waals surface area (Å²) in [7, 11) is 1.83. The molecule has 0 unspecified atom stereocenters. The summed E-state index contributed by atoms with van der Waals surface area (Å²) in [5.41, 5.74) is 1.66. The molecular formula is C15H19FN2O2. The first-order chi connectivity index (χ1) is 9.50. The van der Waals surface area contributed by atoms with Gasteiger partial charge in [0.1, 0.15) is 5.82 Å². The number of aliphatic hydroxyl groups is 2.